The third-order valence-corrected chi connectivity index (χ3v) is 3.54. The molecule has 0 radical (unpaired) electrons. The second kappa shape index (κ2) is 9.02. The van der Waals surface area contributed by atoms with Crippen LogP contribution in [-0.4, -0.2) is 37.0 Å². The highest BCUT2D eigenvalue weighted by atomic mass is 16.5. The van der Waals surface area contributed by atoms with E-state index in [-0.39, 0.29) is 30.7 Å². The molecule has 24 heavy (non-hydrogen) atoms. The summed E-state index contributed by atoms with van der Waals surface area (Å²) in [4.78, 5) is 35.0. The number of ether oxygens (including phenoxy) is 1. The first-order valence-electron chi connectivity index (χ1n) is 7.85. The van der Waals surface area contributed by atoms with Crippen LogP contribution < -0.4 is 16.4 Å². The van der Waals surface area contributed by atoms with Crippen molar-refractivity contribution in [3.8, 4) is 0 Å². The van der Waals surface area contributed by atoms with Gasteiger partial charge in [-0.25, -0.2) is 0 Å². The standard InChI is InChI=1S/C17H25N3O4/c1-4-10-17(2,18)16(23)20-13-7-5-12(6-8-13)15(22)19-11-9-14(21)24-3/h5-8H,4,9-11,18H2,1-3H3,(H,19,22)(H,20,23). The van der Waals surface area contributed by atoms with Gasteiger partial charge in [0.25, 0.3) is 5.91 Å². The van der Waals surface area contributed by atoms with Crippen molar-refractivity contribution in [1.29, 1.82) is 0 Å². The van der Waals surface area contributed by atoms with Crippen molar-refractivity contribution in [2.75, 3.05) is 19.0 Å². The molecule has 0 spiro atoms. The number of anilines is 1. The molecular weight excluding hydrogens is 310 g/mol. The fourth-order valence-corrected chi connectivity index (χ4v) is 2.09. The number of nitrogens with two attached hydrogens (primary N) is 1. The van der Waals surface area contributed by atoms with Crippen LogP contribution in [0.25, 0.3) is 0 Å². The van der Waals surface area contributed by atoms with Gasteiger partial charge in [0.05, 0.1) is 19.1 Å². The van der Waals surface area contributed by atoms with E-state index in [1.54, 1.807) is 31.2 Å². The van der Waals surface area contributed by atoms with Crippen LogP contribution in [0, 0.1) is 0 Å². The minimum Gasteiger partial charge on any atom is -0.469 e. The molecule has 0 fully saturated rings. The molecule has 7 heteroatoms. The van der Waals surface area contributed by atoms with E-state index in [0.717, 1.165) is 6.42 Å². The van der Waals surface area contributed by atoms with E-state index >= 15 is 0 Å². The molecule has 1 aromatic rings. The summed E-state index contributed by atoms with van der Waals surface area (Å²) in [7, 11) is 1.30. The third-order valence-electron chi connectivity index (χ3n) is 3.54. The van der Waals surface area contributed by atoms with Crippen molar-refractivity contribution in [3.05, 3.63) is 29.8 Å². The van der Waals surface area contributed by atoms with Gasteiger partial charge in [-0.15, -0.1) is 0 Å². The van der Waals surface area contributed by atoms with E-state index in [1.165, 1.54) is 7.11 Å². The zero-order chi connectivity index (χ0) is 18.2. The Labute approximate surface area is 141 Å². The average molecular weight is 335 g/mol. The fourth-order valence-electron chi connectivity index (χ4n) is 2.09. The van der Waals surface area contributed by atoms with E-state index in [2.05, 4.69) is 15.4 Å². The quantitative estimate of drug-likeness (QED) is 0.623. The molecular formula is C17H25N3O4. The maximum Gasteiger partial charge on any atom is 0.307 e. The fraction of sp³-hybridized carbons (Fsp3) is 0.471. The number of esters is 1. The Morgan fingerprint density at radius 2 is 1.83 bits per heavy atom. The zero-order valence-corrected chi connectivity index (χ0v) is 14.3. The largest absolute Gasteiger partial charge is 0.469 e. The maximum atomic E-state index is 12.1. The first-order valence-corrected chi connectivity index (χ1v) is 7.85. The second-order valence-corrected chi connectivity index (χ2v) is 5.78. The predicted octanol–water partition coefficient (Wildman–Crippen LogP) is 1.44. The van der Waals surface area contributed by atoms with Gasteiger partial charge >= 0.3 is 5.97 Å². The highest BCUT2D eigenvalue weighted by Crippen LogP contribution is 2.14. The number of carbonyl (C=O) groups is 3. The third kappa shape index (κ3) is 6.00. The molecule has 0 aromatic heterocycles. The van der Waals surface area contributed by atoms with Crippen LogP contribution in [0.1, 0.15) is 43.5 Å². The van der Waals surface area contributed by atoms with E-state index in [9.17, 15) is 14.4 Å². The first kappa shape index (κ1) is 19.6. The summed E-state index contributed by atoms with van der Waals surface area (Å²) in [5.74, 6) is -0.948. The van der Waals surface area contributed by atoms with Crippen molar-refractivity contribution in [1.82, 2.24) is 5.32 Å². The SMILES string of the molecule is CCCC(C)(N)C(=O)Nc1ccc(C(=O)NCCC(=O)OC)cc1. The molecule has 1 aromatic carbocycles. The van der Waals surface area contributed by atoms with Crippen LogP contribution in [0.5, 0.6) is 0 Å². The molecule has 7 nitrogen and oxygen atoms in total. The molecule has 0 saturated carbocycles. The second-order valence-electron chi connectivity index (χ2n) is 5.78. The number of carbonyl (C=O) groups excluding carboxylic acids is 3. The summed E-state index contributed by atoms with van der Waals surface area (Å²) < 4.78 is 4.49. The predicted molar refractivity (Wildman–Crippen MR) is 91.5 cm³/mol. The monoisotopic (exact) mass is 335 g/mol. The van der Waals surface area contributed by atoms with Gasteiger partial charge in [0.1, 0.15) is 0 Å². The normalized spacial score (nSPS) is 12.8. The number of methoxy groups -OCH3 is 1. The number of hydrogen-bond acceptors (Lipinski definition) is 5. The van der Waals surface area contributed by atoms with E-state index in [0.29, 0.717) is 17.7 Å². The number of amides is 2. The molecule has 0 aliphatic heterocycles. The van der Waals surface area contributed by atoms with Gasteiger partial charge in [-0.3, -0.25) is 14.4 Å². The van der Waals surface area contributed by atoms with Crippen LogP contribution in [0.3, 0.4) is 0 Å². The van der Waals surface area contributed by atoms with E-state index in [4.69, 9.17) is 5.73 Å². The summed E-state index contributed by atoms with van der Waals surface area (Å²) in [6.45, 7) is 3.85. The summed E-state index contributed by atoms with van der Waals surface area (Å²) in [6.07, 6.45) is 1.51. The van der Waals surface area contributed by atoms with Crippen LogP contribution in [-0.2, 0) is 14.3 Å². The Balaban J connectivity index is 2.58. The summed E-state index contributed by atoms with van der Waals surface area (Å²) >= 11 is 0. The lowest BCUT2D eigenvalue weighted by Gasteiger charge is -2.22. The first-order chi connectivity index (χ1) is 11.3. The Bertz CT molecular complexity index is 582. The molecule has 1 rings (SSSR count). The van der Waals surface area contributed by atoms with Gasteiger partial charge < -0.3 is 21.1 Å². The van der Waals surface area contributed by atoms with Gasteiger partial charge in [-0.05, 0) is 37.6 Å². The number of benzene rings is 1. The summed E-state index contributed by atoms with van der Waals surface area (Å²) in [6, 6.07) is 6.46. The lowest BCUT2D eigenvalue weighted by molar-refractivity contribution is -0.140. The minimum atomic E-state index is -0.932. The number of hydrogen-bond donors (Lipinski definition) is 3. The molecule has 0 bridgehead atoms. The van der Waals surface area contributed by atoms with Crippen molar-refractivity contribution >= 4 is 23.5 Å². The zero-order valence-electron chi connectivity index (χ0n) is 14.3. The highest BCUT2D eigenvalue weighted by Gasteiger charge is 2.27. The molecule has 1 unspecified atom stereocenters. The lowest BCUT2D eigenvalue weighted by atomic mass is 9.96. The molecule has 0 aliphatic rings. The smallest absolute Gasteiger partial charge is 0.307 e. The summed E-state index contributed by atoms with van der Waals surface area (Å²) in [5, 5.41) is 5.36. The Hall–Kier alpha value is -2.41. The Morgan fingerprint density at radius 1 is 1.21 bits per heavy atom. The van der Waals surface area contributed by atoms with Gasteiger partial charge in [0.15, 0.2) is 0 Å². The van der Waals surface area contributed by atoms with Gasteiger partial charge in [-0.2, -0.15) is 0 Å². The molecule has 0 heterocycles. The van der Waals surface area contributed by atoms with Gasteiger partial charge in [0.2, 0.25) is 5.91 Å². The van der Waals surface area contributed by atoms with Gasteiger partial charge in [0, 0.05) is 17.8 Å². The molecule has 2 amide bonds. The topological polar surface area (TPSA) is 111 Å². The lowest BCUT2D eigenvalue weighted by Crippen LogP contribution is -2.48. The average Bonchev–Trinajstić information content (AvgIpc) is 2.55. The van der Waals surface area contributed by atoms with Crippen molar-refractivity contribution in [2.24, 2.45) is 5.73 Å². The molecule has 0 aliphatic carbocycles. The molecule has 4 N–H and O–H groups in total. The molecule has 1 atom stereocenters. The highest BCUT2D eigenvalue weighted by molar-refractivity contribution is 5.98. The van der Waals surface area contributed by atoms with Crippen LogP contribution in [0.2, 0.25) is 0 Å². The number of nitrogens with one attached hydrogen (secondary N) is 2. The van der Waals surface area contributed by atoms with Crippen molar-refractivity contribution in [3.63, 3.8) is 0 Å². The number of rotatable bonds is 8. The van der Waals surface area contributed by atoms with Crippen LogP contribution in [0.4, 0.5) is 5.69 Å². The Morgan fingerprint density at radius 3 is 2.38 bits per heavy atom. The maximum absolute atomic E-state index is 12.1. The van der Waals surface area contributed by atoms with Gasteiger partial charge in [-0.1, -0.05) is 13.3 Å². The minimum absolute atomic E-state index is 0.114. The molecule has 132 valence electrons. The molecule has 0 saturated heterocycles. The van der Waals surface area contributed by atoms with Crippen molar-refractivity contribution < 1.29 is 19.1 Å². The van der Waals surface area contributed by atoms with E-state index in [1.807, 2.05) is 6.92 Å². The van der Waals surface area contributed by atoms with Crippen molar-refractivity contribution in [2.45, 2.75) is 38.6 Å². The summed E-state index contributed by atoms with van der Waals surface area (Å²) in [5.41, 5.74) is 6.04. The van der Waals surface area contributed by atoms with Crippen LogP contribution in [0.15, 0.2) is 24.3 Å². The Kier molecular flexibility index (Phi) is 7.38. The van der Waals surface area contributed by atoms with E-state index < -0.39 is 5.54 Å². The van der Waals surface area contributed by atoms with Crippen LogP contribution >= 0.6 is 0 Å².